The average Bonchev–Trinajstić information content (AvgIpc) is 2.88. The number of rotatable bonds is 3. The normalized spacial score (nSPS) is 17.4. The Hall–Kier alpha value is -1.15. The second-order valence-corrected chi connectivity index (χ2v) is 6.69. The standard InChI is InChI=1S/C15H16ClN3S/c16-12-2-3-14-13(10-12)18-15(20-14)11-4-8-19(9-5-11)7-1-6-17/h2-3,10-11H,1,4-5,7-9H2. The fraction of sp³-hybridized carbons (Fsp3) is 0.467. The van der Waals surface area contributed by atoms with Gasteiger partial charge in [-0.1, -0.05) is 11.6 Å². The fourth-order valence-electron chi connectivity index (χ4n) is 2.70. The number of nitriles is 1. The van der Waals surface area contributed by atoms with Gasteiger partial charge in [0.15, 0.2) is 0 Å². The van der Waals surface area contributed by atoms with Gasteiger partial charge in [-0.05, 0) is 44.1 Å². The molecule has 1 aliphatic rings. The number of likely N-dealkylation sites (tertiary alicyclic amines) is 1. The zero-order valence-corrected chi connectivity index (χ0v) is 12.8. The van der Waals surface area contributed by atoms with Gasteiger partial charge in [-0.3, -0.25) is 0 Å². The number of nitrogens with zero attached hydrogens (tertiary/aromatic N) is 3. The predicted molar refractivity (Wildman–Crippen MR) is 83.3 cm³/mol. The van der Waals surface area contributed by atoms with E-state index in [0.717, 1.165) is 43.0 Å². The predicted octanol–water partition coefficient (Wildman–Crippen LogP) is 4.04. The van der Waals surface area contributed by atoms with Crippen molar-refractivity contribution in [3.8, 4) is 6.07 Å². The Morgan fingerprint density at radius 2 is 2.20 bits per heavy atom. The van der Waals surface area contributed by atoms with Crippen molar-refractivity contribution in [2.24, 2.45) is 0 Å². The summed E-state index contributed by atoms with van der Waals surface area (Å²) in [7, 11) is 0. The molecule has 20 heavy (non-hydrogen) atoms. The summed E-state index contributed by atoms with van der Waals surface area (Å²) in [6, 6.07) is 8.14. The van der Waals surface area contributed by atoms with E-state index in [0.29, 0.717) is 12.3 Å². The molecule has 3 nitrogen and oxygen atoms in total. The first-order valence-electron chi connectivity index (χ1n) is 6.91. The van der Waals surface area contributed by atoms with Gasteiger partial charge in [0.25, 0.3) is 0 Å². The van der Waals surface area contributed by atoms with E-state index in [1.165, 1.54) is 9.71 Å². The van der Waals surface area contributed by atoms with Gasteiger partial charge >= 0.3 is 0 Å². The Balaban J connectivity index is 1.69. The number of aromatic nitrogens is 1. The van der Waals surface area contributed by atoms with Crippen LogP contribution in [0.5, 0.6) is 0 Å². The molecule has 1 aliphatic heterocycles. The molecule has 2 heterocycles. The lowest BCUT2D eigenvalue weighted by molar-refractivity contribution is 0.216. The minimum absolute atomic E-state index is 0.560. The van der Waals surface area contributed by atoms with Crippen LogP contribution in [0.25, 0.3) is 10.2 Å². The molecule has 2 aromatic rings. The molecule has 0 amide bonds. The smallest absolute Gasteiger partial charge is 0.0970 e. The van der Waals surface area contributed by atoms with Crippen molar-refractivity contribution in [2.75, 3.05) is 19.6 Å². The summed E-state index contributed by atoms with van der Waals surface area (Å²) >= 11 is 7.80. The van der Waals surface area contributed by atoms with Crippen LogP contribution in [0.1, 0.15) is 30.2 Å². The maximum Gasteiger partial charge on any atom is 0.0970 e. The lowest BCUT2D eigenvalue weighted by Gasteiger charge is -2.30. The van der Waals surface area contributed by atoms with Crippen LogP contribution in [0, 0.1) is 11.3 Å². The van der Waals surface area contributed by atoms with Crippen LogP contribution >= 0.6 is 22.9 Å². The maximum atomic E-state index is 8.63. The summed E-state index contributed by atoms with van der Waals surface area (Å²) in [6.45, 7) is 3.05. The van der Waals surface area contributed by atoms with E-state index in [1.807, 2.05) is 12.1 Å². The Labute approximate surface area is 127 Å². The van der Waals surface area contributed by atoms with Crippen molar-refractivity contribution >= 4 is 33.2 Å². The van der Waals surface area contributed by atoms with E-state index >= 15 is 0 Å². The Morgan fingerprint density at radius 1 is 1.40 bits per heavy atom. The number of halogens is 1. The largest absolute Gasteiger partial charge is 0.302 e. The quantitative estimate of drug-likeness (QED) is 0.859. The molecule has 1 saturated heterocycles. The van der Waals surface area contributed by atoms with E-state index in [1.54, 1.807) is 11.3 Å². The molecule has 0 spiro atoms. The van der Waals surface area contributed by atoms with Crippen LogP contribution < -0.4 is 0 Å². The van der Waals surface area contributed by atoms with Gasteiger partial charge in [0.2, 0.25) is 0 Å². The lowest BCUT2D eigenvalue weighted by Crippen LogP contribution is -2.33. The number of fused-ring (bicyclic) bond motifs is 1. The third-order valence-corrected chi connectivity index (χ3v) is 5.28. The zero-order chi connectivity index (χ0) is 13.9. The van der Waals surface area contributed by atoms with E-state index in [-0.39, 0.29) is 0 Å². The first-order valence-corrected chi connectivity index (χ1v) is 8.11. The minimum atomic E-state index is 0.560. The van der Waals surface area contributed by atoms with Gasteiger partial charge in [0, 0.05) is 23.9 Å². The number of hydrogen-bond donors (Lipinski definition) is 0. The molecule has 1 aromatic heterocycles. The summed E-state index contributed by atoms with van der Waals surface area (Å²) in [5, 5.41) is 10.6. The molecule has 3 rings (SSSR count). The first-order chi connectivity index (χ1) is 9.76. The number of thiazole rings is 1. The molecule has 0 unspecified atom stereocenters. The molecule has 0 bridgehead atoms. The second-order valence-electron chi connectivity index (χ2n) is 5.19. The highest BCUT2D eigenvalue weighted by molar-refractivity contribution is 7.18. The summed E-state index contributed by atoms with van der Waals surface area (Å²) in [5.74, 6) is 0.560. The molecule has 0 aliphatic carbocycles. The topological polar surface area (TPSA) is 39.9 Å². The maximum absolute atomic E-state index is 8.63. The molecule has 0 saturated carbocycles. The fourth-order valence-corrected chi connectivity index (χ4v) is 3.99. The van der Waals surface area contributed by atoms with E-state index in [4.69, 9.17) is 21.8 Å². The van der Waals surface area contributed by atoms with Gasteiger partial charge < -0.3 is 4.90 Å². The molecular weight excluding hydrogens is 290 g/mol. The van der Waals surface area contributed by atoms with Crippen LogP contribution in [0.3, 0.4) is 0 Å². The minimum Gasteiger partial charge on any atom is -0.302 e. The van der Waals surface area contributed by atoms with Crippen LogP contribution in [-0.4, -0.2) is 29.5 Å². The van der Waals surface area contributed by atoms with Crippen LogP contribution in [-0.2, 0) is 0 Å². The van der Waals surface area contributed by atoms with Crippen LogP contribution in [0.2, 0.25) is 5.02 Å². The average molecular weight is 306 g/mol. The van der Waals surface area contributed by atoms with Gasteiger partial charge in [-0.25, -0.2) is 4.98 Å². The number of hydrogen-bond acceptors (Lipinski definition) is 4. The van der Waals surface area contributed by atoms with Crippen molar-refractivity contribution < 1.29 is 0 Å². The van der Waals surface area contributed by atoms with Crippen molar-refractivity contribution in [3.05, 3.63) is 28.2 Å². The van der Waals surface area contributed by atoms with Crippen LogP contribution in [0.4, 0.5) is 0 Å². The summed E-state index contributed by atoms with van der Waals surface area (Å²) in [5.41, 5.74) is 1.02. The molecule has 0 radical (unpaired) electrons. The Morgan fingerprint density at radius 3 is 2.95 bits per heavy atom. The summed E-state index contributed by atoms with van der Waals surface area (Å²) < 4.78 is 1.22. The molecule has 0 N–H and O–H groups in total. The van der Waals surface area contributed by atoms with Crippen LogP contribution in [0.15, 0.2) is 18.2 Å². The summed E-state index contributed by atoms with van der Waals surface area (Å²) in [4.78, 5) is 7.13. The monoisotopic (exact) mass is 305 g/mol. The van der Waals surface area contributed by atoms with Gasteiger partial charge in [-0.15, -0.1) is 11.3 Å². The van der Waals surface area contributed by atoms with Crippen molar-refractivity contribution in [1.29, 1.82) is 5.26 Å². The highest BCUT2D eigenvalue weighted by Crippen LogP contribution is 2.34. The highest BCUT2D eigenvalue weighted by Gasteiger charge is 2.23. The Kier molecular flexibility index (Phi) is 4.21. The Bertz CT molecular complexity index is 638. The third-order valence-electron chi connectivity index (χ3n) is 3.84. The SMILES string of the molecule is N#CCCN1CCC(c2nc3cc(Cl)ccc3s2)CC1. The summed E-state index contributed by atoms with van der Waals surface area (Å²) in [6.07, 6.45) is 2.91. The molecule has 1 aromatic carbocycles. The van der Waals surface area contributed by atoms with Crippen molar-refractivity contribution in [3.63, 3.8) is 0 Å². The van der Waals surface area contributed by atoms with E-state index in [9.17, 15) is 0 Å². The van der Waals surface area contributed by atoms with Gasteiger partial charge in [0.1, 0.15) is 0 Å². The third kappa shape index (κ3) is 2.95. The highest BCUT2D eigenvalue weighted by atomic mass is 35.5. The zero-order valence-electron chi connectivity index (χ0n) is 11.2. The lowest BCUT2D eigenvalue weighted by atomic mass is 9.97. The van der Waals surface area contributed by atoms with E-state index in [2.05, 4.69) is 17.0 Å². The molecular formula is C15H16ClN3S. The first kappa shape index (κ1) is 13.8. The van der Waals surface area contributed by atoms with Crippen molar-refractivity contribution in [1.82, 2.24) is 9.88 Å². The molecule has 104 valence electrons. The number of benzene rings is 1. The van der Waals surface area contributed by atoms with Gasteiger partial charge in [-0.2, -0.15) is 5.26 Å². The molecule has 0 atom stereocenters. The van der Waals surface area contributed by atoms with Gasteiger partial charge in [0.05, 0.1) is 21.3 Å². The molecule has 5 heteroatoms. The second kappa shape index (κ2) is 6.09. The molecule has 1 fully saturated rings. The van der Waals surface area contributed by atoms with Crippen molar-refractivity contribution in [2.45, 2.75) is 25.2 Å². The van der Waals surface area contributed by atoms with E-state index < -0.39 is 0 Å². The number of piperidine rings is 1.